The minimum atomic E-state index is 0.613. The Kier molecular flexibility index (Phi) is 10.1. The molecule has 14 heavy (non-hydrogen) atoms. The van der Waals surface area contributed by atoms with Crippen LogP contribution in [0.15, 0.2) is 12.3 Å². The van der Waals surface area contributed by atoms with Crippen molar-refractivity contribution in [2.45, 2.75) is 33.6 Å². The molecule has 3 heteroatoms. The molecule has 0 aromatic rings. The van der Waals surface area contributed by atoms with Gasteiger partial charge < -0.3 is 14.4 Å². The second-order valence-corrected chi connectivity index (χ2v) is 3.15. The first-order valence-corrected chi connectivity index (χ1v) is 5.37. The Morgan fingerprint density at radius 1 is 1.00 bits per heavy atom. The van der Waals surface area contributed by atoms with Gasteiger partial charge >= 0.3 is 0 Å². The van der Waals surface area contributed by atoms with E-state index in [1.54, 1.807) is 0 Å². The summed E-state index contributed by atoms with van der Waals surface area (Å²) in [7, 11) is 0. The monoisotopic (exact) mass is 201 g/mol. The first-order valence-electron chi connectivity index (χ1n) is 5.37. The van der Waals surface area contributed by atoms with Gasteiger partial charge in [-0.1, -0.05) is 19.9 Å². The highest BCUT2D eigenvalue weighted by molar-refractivity contribution is 4.75. The molecule has 0 amide bonds. The Balaban J connectivity index is 3.55. The largest absolute Gasteiger partial charge is 0.361 e. The van der Waals surface area contributed by atoms with Gasteiger partial charge in [0.15, 0.2) is 0 Å². The third kappa shape index (κ3) is 8.08. The summed E-state index contributed by atoms with van der Waals surface area (Å²) in [5, 5.41) is 0. The summed E-state index contributed by atoms with van der Waals surface area (Å²) in [4.78, 5) is 2.02. The molecule has 0 unspecified atom stereocenters. The summed E-state index contributed by atoms with van der Waals surface area (Å²) in [5.74, 6) is 0. The van der Waals surface area contributed by atoms with Gasteiger partial charge in [0, 0.05) is 13.2 Å². The molecule has 0 aliphatic carbocycles. The number of ether oxygens (including phenoxy) is 2. The first-order chi connectivity index (χ1) is 6.85. The first kappa shape index (κ1) is 13.5. The lowest BCUT2D eigenvalue weighted by Gasteiger charge is -2.19. The summed E-state index contributed by atoms with van der Waals surface area (Å²) in [5.41, 5.74) is 0. The van der Waals surface area contributed by atoms with Gasteiger partial charge in [-0.3, -0.25) is 0 Å². The quantitative estimate of drug-likeness (QED) is 0.423. The lowest BCUT2D eigenvalue weighted by Crippen LogP contribution is -2.24. The molecule has 0 aliphatic rings. The van der Waals surface area contributed by atoms with Gasteiger partial charge in [0.2, 0.25) is 0 Å². The van der Waals surface area contributed by atoms with Crippen LogP contribution in [0.2, 0.25) is 0 Å². The average Bonchev–Trinajstić information content (AvgIpc) is 2.18. The molecule has 0 aromatic heterocycles. The molecule has 0 fully saturated rings. The van der Waals surface area contributed by atoms with E-state index in [0.717, 1.165) is 26.1 Å². The standard InChI is InChI=1S/C11H23NO2/c1-4-7-12(10-13-8-5-2)11-14-9-6-3/h4,7H,5-6,8-11H2,1-3H3. The molecule has 0 atom stereocenters. The van der Waals surface area contributed by atoms with E-state index < -0.39 is 0 Å². The van der Waals surface area contributed by atoms with Gasteiger partial charge in [-0.15, -0.1) is 0 Å². The van der Waals surface area contributed by atoms with Gasteiger partial charge in [0.05, 0.1) is 0 Å². The molecule has 0 spiro atoms. The molecule has 0 rings (SSSR count). The van der Waals surface area contributed by atoms with Crippen LogP contribution in [0.25, 0.3) is 0 Å². The fourth-order valence-corrected chi connectivity index (χ4v) is 0.986. The maximum atomic E-state index is 5.42. The maximum Gasteiger partial charge on any atom is 0.120 e. The van der Waals surface area contributed by atoms with Gasteiger partial charge in [-0.05, 0) is 26.0 Å². The van der Waals surface area contributed by atoms with Crippen molar-refractivity contribution in [3.8, 4) is 0 Å². The van der Waals surface area contributed by atoms with E-state index in [1.165, 1.54) is 0 Å². The van der Waals surface area contributed by atoms with Crippen LogP contribution < -0.4 is 0 Å². The van der Waals surface area contributed by atoms with Crippen molar-refractivity contribution in [3.05, 3.63) is 12.3 Å². The molecular weight excluding hydrogens is 178 g/mol. The molecule has 0 bridgehead atoms. The lowest BCUT2D eigenvalue weighted by molar-refractivity contribution is -0.0186. The van der Waals surface area contributed by atoms with Crippen LogP contribution in [-0.4, -0.2) is 31.6 Å². The molecule has 0 heterocycles. The Labute approximate surface area is 87.7 Å². The zero-order valence-electron chi connectivity index (χ0n) is 9.66. The third-order valence-electron chi connectivity index (χ3n) is 1.57. The van der Waals surface area contributed by atoms with Crippen LogP contribution in [-0.2, 0) is 9.47 Å². The van der Waals surface area contributed by atoms with E-state index in [0.29, 0.717) is 13.5 Å². The normalized spacial score (nSPS) is 11.1. The Bertz CT molecular complexity index is 127. The maximum absolute atomic E-state index is 5.42. The highest BCUT2D eigenvalue weighted by atomic mass is 16.5. The molecule has 0 radical (unpaired) electrons. The van der Waals surface area contributed by atoms with Crippen LogP contribution in [0, 0.1) is 0 Å². The number of allylic oxidation sites excluding steroid dienone is 1. The predicted octanol–water partition coefficient (Wildman–Crippen LogP) is 2.59. The van der Waals surface area contributed by atoms with E-state index in [1.807, 2.05) is 24.1 Å². The zero-order valence-corrected chi connectivity index (χ0v) is 9.66. The number of nitrogens with zero attached hydrogens (tertiary/aromatic N) is 1. The van der Waals surface area contributed by atoms with Crippen molar-refractivity contribution < 1.29 is 9.47 Å². The smallest absolute Gasteiger partial charge is 0.120 e. The SMILES string of the molecule is CC=CN(COCCC)COCCC. The summed E-state index contributed by atoms with van der Waals surface area (Å²) in [6.07, 6.45) is 6.09. The van der Waals surface area contributed by atoms with E-state index in [2.05, 4.69) is 13.8 Å². The van der Waals surface area contributed by atoms with E-state index in [9.17, 15) is 0 Å². The summed E-state index contributed by atoms with van der Waals surface area (Å²) in [6, 6.07) is 0. The second-order valence-electron chi connectivity index (χ2n) is 3.15. The van der Waals surface area contributed by atoms with Crippen LogP contribution >= 0.6 is 0 Å². The minimum Gasteiger partial charge on any atom is -0.361 e. The van der Waals surface area contributed by atoms with E-state index in [-0.39, 0.29) is 0 Å². The number of hydrogen-bond acceptors (Lipinski definition) is 3. The van der Waals surface area contributed by atoms with Crippen LogP contribution in [0.1, 0.15) is 33.6 Å². The molecule has 84 valence electrons. The van der Waals surface area contributed by atoms with Crippen molar-refractivity contribution in [1.82, 2.24) is 4.90 Å². The van der Waals surface area contributed by atoms with Crippen LogP contribution in [0.4, 0.5) is 0 Å². The van der Waals surface area contributed by atoms with Crippen molar-refractivity contribution in [1.29, 1.82) is 0 Å². The van der Waals surface area contributed by atoms with Crippen molar-refractivity contribution in [2.24, 2.45) is 0 Å². The highest BCUT2D eigenvalue weighted by Crippen LogP contribution is 1.94. The Morgan fingerprint density at radius 2 is 1.50 bits per heavy atom. The van der Waals surface area contributed by atoms with Crippen molar-refractivity contribution in [3.63, 3.8) is 0 Å². The summed E-state index contributed by atoms with van der Waals surface area (Å²) in [6.45, 7) is 9.04. The molecular formula is C11H23NO2. The number of hydrogen-bond donors (Lipinski definition) is 0. The van der Waals surface area contributed by atoms with Gasteiger partial charge in [-0.25, -0.2) is 0 Å². The Hall–Kier alpha value is -0.540. The molecule has 0 saturated heterocycles. The number of rotatable bonds is 9. The van der Waals surface area contributed by atoms with E-state index in [4.69, 9.17) is 9.47 Å². The van der Waals surface area contributed by atoms with Gasteiger partial charge in [-0.2, -0.15) is 0 Å². The van der Waals surface area contributed by atoms with Crippen LogP contribution in [0.3, 0.4) is 0 Å². The fraction of sp³-hybridized carbons (Fsp3) is 0.818. The van der Waals surface area contributed by atoms with Crippen molar-refractivity contribution in [2.75, 3.05) is 26.7 Å². The van der Waals surface area contributed by atoms with Crippen LogP contribution in [0.5, 0.6) is 0 Å². The molecule has 0 aromatic carbocycles. The third-order valence-corrected chi connectivity index (χ3v) is 1.57. The van der Waals surface area contributed by atoms with Crippen molar-refractivity contribution >= 4 is 0 Å². The zero-order chi connectivity index (χ0) is 10.6. The van der Waals surface area contributed by atoms with E-state index >= 15 is 0 Å². The molecule has 0 aliphatic heterocycles. The summed E-state index contributed by atoms with van der Waals surface area (Å²) >= 11 is 0. The summed E-state index contributed by atoms with van der Waals surface area (Å²) < 4.78 is 10.8. The average molecular weight is 201 g/mol. The lowest BCUT2D eigenvalue weighted by atomic mass is 10.5. The van der Waals surface area contributed by atoms with Gasteiger partial charge in [0.1, 0.15) is 13.5 Å². The predicted molar refractivity (Wildman–Crippen MR) is 58.9 cm³/mol. The highest BCUT2D eigenvalue weighted by Gasteiger charge is 1.97. The minimum absolute atomic E-state index is 0.613. The second kappa shape index (κ2) is 10.5. The fourth-order valence-electron chi connectivity index (χ4n) is 0.986. The Morgan fingerprint density at radius 3 is 1.86 bits per heavy atom. The molecule has 3 nitrogen and oxygen atoms in total. The van der Waals surface area contributed by atoms with Gasteiger partial charge in [0.25, 0.3) is 0 Å². The molecule has 0 N–H and O–H groups in total. The molecule has 0 saturated carbocycles. The topological polar surface area (TPSA) is 21.7 Å².